The summed E-state index contributed by atoms with van der Waals surface area (Å²) in [5.74, 6) is -1.95. The number of nitrogens with one attached hydrogen (secondary N) is 3. The van der Waals surface area contributed by atoms with Gasteiger partial charge in [0, 0.05) is 23.1 Å². The number of ether oxygens (including phenoxy) is 2. The summed E-state index contributed by atoms with van der Waals surface area (Å²) in [4.78, 5) is 60.0. The molecule has 2 aliphatic carbocycles. The van der Waals surface area contributed by atoms with Crippen molar-refractivity contribution in [1.82, 2.24) is 25.2 Å². The number of allylic oxidation sites excluding steroid dienone is 1. The summed E-state index contributed by atoms with van der Waals surface area (Å²) in [5.41, 5.74) is -1.52. The van der Waals surface area contributed by atoms with Crippen molar-refractivity contribution in [3.63, 3.8) is 0 Å². The van der Waals surface area contributed by atoms with Gasteiger partial charge in [-0.2, -0.15) is 0 Å². The second-order valence-electron chi connectivity index (χ2n) is 14.2. The number of carbonyl (C=O) groups is 4. The molecule has 3 fully saturated rings. The molecule has 1 aromatic heterocycles. The topological polar surface area (TPSA) is 193 Å². The number of carbonyl (C=O) groups excluding carboxylic acids is 3. The van der Waals surface area contributed by atoms with E-state index in [1.165, 1.54) is 18.2 Å². The molecule has 50 heavy (non-hydrogen) atoms. The molecule has 4 amide bonds. The molecule has 4 aliphatic rings. The first-order valence-electron chi connectivity index (χ1n) is 17.3. The van der Waals surface area contributed by atoms with Gasteiger partial charge in [-0.25, -0.2) is 18.2 Å². The van der Waals surface area contributed by atoms with Crippen LogP contribution in [0.15, 0.2) is 42.6 Å². The van der Waals surface area contributed by atoms with Gasteiger partial charge < -0.3 is 30.1 Å². The van der Waals surface area contributed by atoms with Gasteiger partial charge in [0.2, 0.25) is 27.7 Å². The second kappa shape index (κ2) is 14.1. The van der Waals surface area contributed by atoms with Crippen molar-refractivity contribution in [1.29, 1.82) is 0 Å². The number of aromatic nitrogens is 1. The number of methoxy groups -OCH3 is 1. The molecule has 1 aromatic carbocycles. The maximum absolute atomic E-state index is 14.3. The van der Waals surface area contributed by atoms with E-state index < -0.39 is 74.7 Å². The quantitative estimate of drug-likeness (QED) is 0.310. The minimum Gasteiger partial charge on any atom is -0.494 e. The number of carboxylic acid groups (broad SMARTS) is 1. The van der Waals surface area contributed by atoms with Crippen LogP contribution < -0.4 is 24.8 Å². The molecule has 4 N–H and O–H groups in total. The Balaban J connectivity index is 1.33. The van der Waals surface area contributed by atoms with Gasteiger partial charge in [-0.05, 0) is 56.4 Å². The van der Waals surface area contributed by atoms with Gasteiger partial charge in [0.15, 0.2) is 0 Å². The van der Waals surface area contributed by atoms with Crippen LogP contribution in [-0.2, 0) is 24.4 Å². The lowest BCUT2D eigenvalue weighted by atomic mass is 9.88. The second-order valence-corrected chi connectivity index (χ2v) is 16.2. The predicted molar refractivity (Wildman–Crippen MR) is 183 cm³/mol. The fraction of sp³-hybridized carbons (Fsp3) is 0.571. The SMILES string of the molecule is COc1cnc(O[C@@H]2C[C@H]3C(=O)N[C@]4(C(=O)NS(=O)(=O)C5CCC5)C[C@H]4C=CCC[C@@H](C)C[C@@H](C)[C@H](NC(=O)O)C(=O)N3C2)c2ccccc12. The number of hydrogen-bond acceptors (Lipinski definition) is 9. The summed E-state index contributed by atoms with van der Waals surface area (Å²) in [7, 11) is -2.39. The molecule has 7 atom stereocenters. The van der Waals surface area contributed by atoms with E-state index in [9.17, 15) is 32.7 Å². The fourth-order valence-corrected chi connectivity index (χ4v) is 9.05. The van der Waals surface area contributed by atoms with Gasteiger partial charge >= 0.3 is 6.09 Å². The van der Waals surface area contributed by atoms with Crippen molar-refractivity contribution in [3.8, 4) is 11.6 Å². The molecule has 0 bridgehead atoms. The first-order chi connectivity index (χ1) is 23.8. The van der Waals surface area contributed by atoms with Gasteiger partial charge in [0.1, 0.15) is 29.5 Å². The number of sulfonamides is 1. The Hall–Kier alpha value is -4.40. The molecule has 0 unspecified atom stereocenters. The zero-order valence-electron chi connectivity index (χ0n) is 28.5. The van der Waals surface area contributed by atoms with E-state index in [2.05, 4.69) is 20.3 Å². The number of rotatable bonds is 7. The number of amides is 4. The molecule has 3 heterocycles. The smallest absolute Gasteiger partial charge is 0.405 e. The third kappa shape index (κ3) is 7.10. The number of hydrogen-bond donors (Lipinski definition) is 4. The maximum Gasteiger partial charge on any atom is 0.405 e. The molecule has 2 aromatic rings. The summed E-state index contributed by atoms with van der Waals surface area (Å²) in [6, 6.07) is 5.06. The predicted octanol–water partition coefficient (Wildman–Crippen LogP) is 3.11. The van der Waals surface area contributed by atoms with Crippen LogP contribution >= 0.6 is 0 Å². The number of nitrogens with zero attached hydrogens (tertiary/aromatic N) is 2. The highest BCUT2D eigenvalue weighted by Crippen LogP contribution is 2.46. The highest BCUT2D eigenvalue weighted by Gasteiger charge is 2.62. The minimum atomic E-state index is -3.93. The van der Waals surface area contributed by atoms with Gasteiger partial charge in [0.25, 0.3) is 5.91 Å². The molecule has 0 radical (unpaired) electrons. The first-order valence-corrected chi connectivity index (χ1v) is 18.8. The Bertz CT molecular complexity index is 1800. The van der Waals surface area contributed by atoms with Crippen LogP contribution in [0.1, 0.15) is 65.2 Å². The van der Waals surface area contributed by atoms with Gasteiger partial charge in [-0.1, -0.05) is 50.6 Å². The van der Waals surface area contributed by atoms with Crippen LogP contribution in [0, 0.1) is 17.8 Å². The van der Waals surface area contributed by atoms with E-state index in [-0.39, 0.29) is 31.2 Å². The Morgan fingerprint density at radius 3 is 2.52 bits per heavy atom. The molecule has 2 saturated carbocycles. The standard InChI is InChI=1S/C35H45N5O9S/c1-20-9-4-5-10-22-17-35(22,33(43)39-50(46,47)24-11-8-12-24)38-30(41)27-16-23(19-40(27)32(42)29(21(2)15-20)37-34(44)45)49-31-26-14-7-6-13-25(26)28(48-3)18-36-31/h5-7,10,13-14,18,20-24,27,29,37H,4,8-9,11-12,15-17,19H2,1-3H3,(H,38,41)(H,39,43)(H,44,45)/t20-,21-,22-,23-,27+,29+,35-/m1/s1. The number of pyridine rings is 1. The van der Waals surface area contributed by atoms with Crippen LogP contribution in [0.2, 0.25) is 0 Å². The first kappa shape index (κ1) is 35.4. The Labute approximate surface area is 291 Å². The lowest BCUT2D eigenvalue weighted by Gasteiger charge is -2.32. The highest BCUT2D eigenvalue weighted by atomic mass is 32.2. The average Bonchev–Trinajstić information content (AvgIpc) is 3.57. The lowest BCUT2D eigenvalue weighted by molar-refractivity contribution is -0.142. The lowest BCUT2D eigenvalue weighted by Crippen LogP contribution is -2.59. The zero-order chi connectivity index (χ0) is 35.8. The van der Waals surface area contributed by atoms with E-state index in [1.807, 2.05) is 50.3 Å². The van der Waals surface area contributed by atoms with Crippen LogP contribution in [0.25, 0.3) is 10.8 Å². The Morgan fingerprint density at radius 1 is 1.10 bits per heavy atom. The van der Waals surface area contributed by atoms with Crippen molar-refractivity contribution >= 4 is 44.6 Å². The van der Waals surface area contributed by atoms with E-state index in [4.69, 9.17) is 9.47 Å². The monoisotopic (exact) mass is 711 g/mol. The molecule has 6 rings (SSSR count). The van der Waals surface area contributed by atoms with Crippen LogP contribution in [0.5, 0.6) is 11.6 Å². The summed E-state index contributed by atoms with van der Waals surface area (Å²) in [6.45, 7) is 3.79. The fourth-order valence-electron chi connectivity index (χ4n) is 7.49. The molecule has 14 nitrogen and oxygen atoms in total. The van der Waals surface area contributed by atoms with Gasteiger partial charge in [0.05, 0.1) is 25.1 Å². The van der Waals surface area contributed by atoms with Crippen molar-refractivity contribution < 1.29 is 42.2 Å². The molecule has 2 aliphatic heterocycles. The Kier molecular flexibility index (Phi) is 9.98. The molecule has 1 saturated heterocycles. The van der Waals surface area contributed by atoms with Gasteiger partial charge in [-0.3, -0.25) is 19.1 Å². The largest absolute Gasteiger partial charge is 0.494 e. The Morgan fingerprint density at radius 2 is 1.84 bits per heavy atom. The van der Waals surface area contributed by atoms with Gasteiger partial charge in [-0.15, -0.1) is 0 Å². The average molecular weight is 712 g/mol. The van der Waals surface area contributed by atoms with Crippen molar-refractivity contribution in [2.24, 2.45) is 17.8 Å². The molecular formula is C35H45N5O9S. The third-order valence-corrected chi connectivity index (χ3v) is 12.5. The normalized spacial score (nSPS) is 30.5. The van der Waals surface area contributed by atoms with E-state index in [0.717, 1.165) is 18.2 Å². The molecule has 15 heteroatoms. The number of fused-ring (bicyclic) bond motifs is 3. The van der Waals surface area contributed by atoms with Crippen molar-refractivity contribution in [2.45, 2.75) is 94.2 Å². The summed E-state index contributed by atoms with van der Waals surface area (Å²) in [5, 5.41) is 15.7. The van der Waals surface area contributed by atoms with E-state index in [1.54, 1.807) is 0 Å². The van der Waals surface area contributed by atoms with Crippen LogP contribution in [-0.4, -0.2) is 89.9 Å². The molecule has 0 spiro atoms. The third-order valence-electron chi connectivity index (χ3n) is 10.6. The highest BCUT2D eigenvalue weighted by molar-refractivity contribution is 7.90. The van der Waals surface area contributed by atoms with Crippen molar-refractivity contribution in [2.75, 3.05) is 13.7 Å². The molecule has 270 valence electrons. The number of benzene rings is 1. The summed E-state index contributed by atoms with van der Waals surface area (Å²) >= 11 is 0. The minimum absolute atomic E-state index is 0.0166. The summed E-state index contributed by atoms with van der Waals surface area (Å²) in [6.07, 6.45) is 7.07. The van der Waals surface area contributed by atoms with E-state index >= 15 is 0 Å². The maximum atomic E-state index is 14.3. The van der Waals surface area contributed by atoms with E-state index in [0.29, 0.717) is 36.8 Å². The van der Waals surface area contributed by atoms with Crippen LogP contribution in [0.4, 0.5) is 4.79 Å². The molecular weight excluding hydrogens is 666 g/mol. The summed E-state index contributed by atoms with van der Waals surface area (Å²) < 4.78 is 40.0. The van der Waals surface area contributed by atoms with Crippen LogP contribution in [0.3, 0.4) is 0 Å². The zero-order valence-corrected chi connectivity index (χ0v) is 29.3. The van der Waals surface area contributed by atoms with Crippen molar-refractivity contribution in [3.05, 3.63) is 42.6 Å².